The number of hydrogen-bond acceptors (Lipinski definition) is 5. The fraction of sp³-hybridized carbons (Fsp3) is 0.385. The van der Waals surface area contributed by atoms with Crippen LogP contribution in [0, 0.1) is 0 Å². The van der Waals surface area contributed by atoms with Crippen molar-refractivity contribution in [1.29, 1.82) is 0 Å². The van der Waals surface area contributed by atoms with E-state index < -0.39 is 12.0 Å². The van der Waals surface area contributed by atoms with Crippen LogP contribution in [0.4, 0.5) is 5.69 Å². The van der Waals surface area contributed by atoms with E-state index in [1.807, 2.05) is 6.92 Å². The van der Waals surface area contributed by atoms with Crippen LogP contribution in [0.25, 0.3) is 0 Å². The first kappa shape index (κ1) is 14.0. The van der Waals surface area contributed by atoms with Crippen LogP contribution in [-0.4, -0.2) is 32.2 Å². The molecule has 1 aromatic carbocycles. The number of benzene rings is 1. The van der Waals surface area contributed by atoms with Crippen molar-refractivity contribution in [3.8, 4) is 0 Å². The highest BCUT2D eigenvalue weighted by Gasteiger charge is 2.19. The van der Waals surface area contributed by atoms with Gasteiger partial charge in [-0.05, 0) is 18.6 Å². The largest absolute Gasteiger partial charge is 0.467 e. The van der Waals surface area contributed by atoms with Crippen molar-refractivity contribution in [3.63, 3.8) is 0 Å². The van der Waals surface area contributed by atoms with Crippen LogP contribution in [0.5, 0.6) is 0 Å². The van der Waals surface area contributed by atoms with Gasteiger partial charge in [0.25, 0.3) is 0 Å². The Morgan fingerprint density at radius 1 is 1.22 bits per heavy atom. The normalized spacial score (nSPS) is 11.5. The maximum atomic E-state index is 11.6. The van der Waals surface area contributed by atoms with E-state index in [1.165, 1.54) is 14.2 Å². The van der Waals surface area contributed by atoms with Gasteiger partial charge >= 0.3 is 11.9 Å². The summed E-state index contributed by atoms with van der Waals surface area (Å²) in [5.41, 5.74) is 0.948. The minimum atomic E-state index is -0.485. The topological polar surface area (TPSA) is 64.6 Å². The standard InChI is InChI=1S/C13H17NO4/c1-4-10(13(16)18-3)14-11-8-6-5-7-9(11)12(15)17-2/h5-8,10,14H,4H2,1-3H3. The van der Waals surface area contributed by atoms with Gasteiger partial charge in [0, 0.05) is 5.69 Å². The van der Waals surface area contributed by atoms with Gasteiger partial charge in [-0.3, -0.25) is 0 Å². The molecule has 98 valence electrons. The van der Waals surface area contributed by atoms with Gasteiger partial charge in [-0.2, -0.15) is 0 Å². The zero-order valence-electron chi connectivity index (χ0n) is 10.7. The van der Waals surface area contributed by atoms with Gasteiger partial charge in [0.05, 0.1) is 19.8 Å². The van der Waals surface area contributed by atoms with Crippen molar-refractivity contribution in [3.05, 3.63) is 29.8 Å². The number of nitrogens with one attached hydrogen (secondary N) is 1. The Bertz CT molecular complexity index is 431. The van der Waals surface area contributed by atoms with E-state index in [1.54, 1.807) is 24.3 Å². The molecular weight excluding hydrogens is 234 g/mol. The molecule has 1 unspecified atom stereocenters. The van der Waals surface area contributed by atoms with E-state index in [0.29, 0.717) is 17.7 Å². The fourth-order valence-electron chi connectivity index (χ4n) is 1.55. The molecule has 0 bridgehead atoms. The molecule has 0 aromatic heterocycles. The zero-order valence-corrected chi connectivity index (χ0v) is 10.7. The first-order chi connectivity index (χ1) is 8.63. The third kappa shape index (κ3) is 3.23. The van der Waals surface area contributed by atoms with Crippen molar-refractivity contribution in [2.75, 3.05) is 19.5 Å². The number of carbonyl (C=O) groups is 2. The van der Waals surface area contributed by atoms with E-state index >= 15 is 0 Å². The van der Waals surface area contributed by atoms with E-state index in [-0.39, 0.29) is 5.97 Å². The third-order valence-electron chi connectivity index (χ3n) is 2.56. The Kier molecular flexibility index (Phi) is 5.17. The average molecular weight is 251 g/mol. The Morgan fingerprint density at radius 2 is 1.89 bits per heavy atom. The van der Waals surface area contributed by atoms with Gasteiger partial charge < -0.3 is 14.8 Å². The number of ether oxygens (including phenoxy) is 2. The predicted molar refractivity (Wildman–Crippen MR) is 67.5 cm³/mol. The van der Waals surface area contributed by atoms with Gasteiger partial charge in [0.15, 0.2) is 0 Å². The minimum absolute atomic E-state index is 0.364. The number of rotatable bonds is 5. The van der Waals surface area contributed by atoms with Crippen LogP contribution < -0.4 is 5.32 Å². The summed E-state index contributed by atoms with van der Waals surface area (Å²) < 4.78 is 9.37. The van der Waals surface area contributed by atoms with Crippen molar-refractivity contribution < 1.29 is 19.1 Å². The van der Waals surface area contributed by atoms with E-state index in [4.69, 9.17) is 0 Å². The lowest BCUT2D eigenvalue weighted by Gasteiger charge is -2.17. The van der Waals surface area contributed by atoms with Crippen molar-refractivity contribution in [2.45, 2.75) is 19.4 Å². The average Bonchev–Trinajstić information content (AvgIpc) is 2.43. The Morgan fingerprint density at radius 3 is 2.44 bits per heavy atom. The summed E-state index contributed by atoms with van der Waals surface area (Å²) in [4.78, 5) is 23.1. The molecular formula is C13H17NO4. The highest BCUT2D eigenvalue weighted by molar-refractivity contribution is 5.96. The fourth-order valence-corrected chi connectivity index (χ4v) is 1.55. The first-order valence-corrected chi connectivity index (χ1v) is 5.65. The van der Waals surface area contributed by atoms with Gasteiger partial charge in [0.2, 0.25) is 0 Å². The number of para-hydroxylation sites is 1. The molecule has 0 saturated heterocycles. The number of methoxy groups -OCH3 is 2. The first-order valence-electron chi connectivity index (χ1n) is 5.65. The number of carbonyl (C=O) groups excluding carboxylic acids is 2. The van der Waals surface area contributed by atoms with Crippen LogP contribution in [0.3, 0.4) is 0 Å². The summed E-state index contributed by atoms with van der Waals surface area (Å²) in [6.07, 6.45) is 0.558. The van der Waals surface area contributed by atoms with Gasteiger partial charge in [-0.1, -0.05) is 19.1 Å². The summed E-state index contributed by atoms with van der Waals surface area (Å²) in [5.74, 6) is -0.810. The number of hydrogen-bond donors (Lipinski definition) is 1. The van der Waals surface area contributed by atoms with Gasteiger partial charge in [0.1, 0.15) is 6.04 Å². The highest BCUT2D eigenvalue weighted by Crippen LogP contribution is 2.18. The lowest BCUT2D eigenvalue weighted by atomic mass is 10.1. The minimum Gasteiger partial charge on any atom is -0.467 e. The highest BCUT2D eigenvalue weighted by atomic mass is 16.5. The molecule has 0 heterocycles. The molecule has 0 aliphatic rings. The molecule has 1 rings (SSSR count). The maximum absolute atomic E-state index is 11.6. The quantitative estimate of drug-likeness (QED) is 0.809. The molecule has 0 aliphatic heterocycles. The van der Waals surface area contributed by atoms with Crippen molar-refractivity contribution >= 4 is 17.6 Å². The number of esters is 2. The summed E-state index contributed by atoms with van der Waals surface area (Å²) in [5, 5.41) is 2.99. The Labute approximate surface area is 106 Å². The summed E-state index contributed by atoms with van der Waals surface area (Å²) in [6.45, 7) is 1.86. The van der Waals surface area contributed by atoms with E-state index in [9.17, 15) is 9.59 Å². The molecule has 0 radical (unpaired) electrons. The van der Waals surface area contributed by atoms with Gasteiger partial charge in [-0.15, -0.1) is 0 Å². The second kappa shape index (κ2) is 6.64. The molecule has 1 N–H and O–H groups in total. The summed E-state index contributed by atoms with van der Waals surface area (Å²) in [7, 11) is 2.65. The predicted octanol–water partition coefficient (Wildman–Crippen LogP) is 1.84. The van der Waals surface area contributed by atoms with Crippen LogP contribution in [0.15, 0.2) is 24.3 Å². The van der Waals surface area contributed by atoms with E-state index in [0.717, 1.165) is 0 Å². The number of anilines is 1. The van der Waals surface area contributed by atoms with Crippen molar-refractivity contribution in [2.24, 2.45) is 0 Å². The smallest absolute Gasteiger partial charge is 0.339 e. The molecule has 0 saturated carbocycles. The van der Waals surface area contributed by atoms with E-state index in [2.05, 4.69) is 14.8 Å². The molecule has 5 heteroatoms. The third-order valence-corrected chi connectivity index (χ3v) is 2.56. The lowest BCUT2D eigenvalue weighted by Crippen LogP contribution is -2.30. The molecule has 1 atom stereocenters. The van der Waals surface area contributed by atoms with Crippen LogP contribution in [-0.2, 0) is 14.3 Å². The molecule has 18 heavy (non-hydrogen) atoms. The summed E-state index contributed by atoms with van der Waals surface area (Å²) >= 11 is 0. The summed E-state index contributed by atoms with van der Waals surface area (Å²) in [6, 6.07) is 6.38. The molecule has 5 nitrogen and oxygen atoms in total. The lowest BCUT2D eigenvalue weighted by molar-refractivity contribution is -0.141. The second-order valence-electron chi connectivity index (χ2n) is 3.67. The zero-order chi connectivity index (χ0) is 13.5. The second-order valence-corrected chi connectivity index (χ2v) is 3.67. The molecule has 0 spiro atoms. The molecule has 0 fully saturated rings. The molecule has 0 amide bonds. The molecule has 1 aromatic rings. The monoisotopic (exact) mass is 251 g/mol. The molecule has 0 aliphatic carbocycles. The van der Waals surface area contributed by atoms with Crippen LogP contribution in [0.1, 0.15) is 23.7 Å². The Balaban J connectivity index is 2.96. The van der Waals surface area contributed by atoms with Crippen LogP contribution >= 0.6 is 0 Å². The maximum Gasteiger partial charge on any atom is 0.339 e. The van der Waals surface area contributed by atoms with Gasteiger partial charge in [-0.25, -0.2) is 9.59 Å². The van der Waals surface area contributed by atoms with Crippen molar-refractivity contribution in [1.82, 2.24) is 0 Å². The Hall–Kier alpha value is -2.04. The van der Waals surface area contributed by atoms with Crippen LogP contribution in [0.2, 0.25) is 0 Å². The SMILES string of the molecule is CCC(Nc1ccccc1C(=O)OC)C(=O)OC.